The van der Waals surface area contributed by atoms with Crippen LogP contribution in [0.5, 0.6) is 0 Å². The van der Waals surface area contributed by atoms with Gasteiger partial charge in [-0.2, -0.15) is 51.6 Å². The molecule has 160 valence electrons. The number of nitrogens with two attached hydrogens (primary N) is 1. The molecule has 0 radical (unpaired) electrons. The monoisotopic (exact) mass is 452 g/mol. The zero-order valence-electron chi connectivity index (χ0n) is 12.8. The average molecular weight is 452 g/mol. The van der Waals surface area contributed by atoms with E-state index in [2.05, 4.69) is 30.6 Å². The highest BCUT2D eigenvalue weighted by Gasteiger charge is 2.38. The molecule has 0 aliphatic rings. The molecule has 9 nitrogen and oxygen atoms in total. The molecule has 0 aromatic carbocycles. The number of alkyl halides is 6. The first-order valence-electron chi connectivity index (χ1n) is 6.02. The highest BCUT2D eigenvalue weighted by molar-refractivity contribution is 7.80. The fraction of sp³-hybridized carbons (Fsp3) is 0.600. The highest BCUT2D eigenvalue weighted by Crippen LogP contribution is 2.13. The number of carbonyl (C=O) groups excluding carboxylic acids is 1. The second-order valence-corrected chi connectivity index (χ2v) is 4.71. The molecule has 0 saturated carbocycles. The van der Waals surface area contributed by atoms with Gasteiger partial charge in [-0.25, -0.2) is 14.4 Å². The van der Waals surface area contributed by atoms with Crippen LogP contribution in [0.3, 0.4) is 0 Å². The van der Waals surface area contributed by atoms with E-state index in [0.717, 1.165) is 0 Å². The number of amides is 1. The van der Waals surface area contributed by atoms with Crippen LogP contribution in [0.25, 0.3) is 0 Å². The van der Waals surface area contributed by atoms with Crippen molar-refractivity contribution >= 4 is 49.1 Å². The highest BCUT2D eigenvalue weighted by atomic mass is 32.1. The molecule has 0 bridgehead atoms. The van der Waals surface area contributed by atoms with Crippen LogP contribution < -0.4 is 11.1 Å². The standard InChI is InChI=1S/C6H12N2O3S2.2C2HF3O2/c7-3(1-12)5(9)8-4(2-13)6(10)11;2*3-2(4,5)1(6)7/h3-4,12-13H,1-2,7H2,(H,8,9)(H,10,11);2*(H,6,7)/t3-,4-;;/m0../s1. The molecule has 0 aromatic rings. The molecular weight excluding hydrogens is 438 g/mol. The third-order valence-corrected chi connectivity index (χ3v) is 2.57. The van der Waals surface area contributed by atoms with Crippen LogP contribution in [0, 0.1) is 0 Å². The maximum Gasteiger partial charge on any atom is 0.490 e. The summed E-state index contributed by atoms with van der Waals surface area (Å²) in [5.74, 6) is -6.98. The number of halogens is 6. The number of nitrogens with one attached hydrogen (secondary N) is 1. The summed E-state index contributed by atoms with van der Waals surface area (Å²) in [4.78, 5) is 39.3. The van der Waals surface area contributed by atoms with Gasteiger partial charge < -0.3 is 26.4 Å². The average Bonchev–Trinajstić information content (AvgIpc) is 2.50. The number of thiol groups is 2. The zero-order chi connectivity index (χ0) is 22.6. The molecule has 0 aromatic heterocycles. The number of hydrogen-bond donors (Lipinski definition) is 7. The van der Waals surface area contributed by atoms with E-state index >= 15 is 0 Å². The Morgan fingerprint density at radius 1 is 0.852 bits per heavy atom. The van der Waals surface area contributed by atoms with Crippen LogP contribution in [0.1, 0.15) is 0 Å². The van der Waals surface area contributed by atoms with Gasteiger partial charge in [0.1, 0.15) is 6.04 Å². The van der Waals surface area contributed by atoms with Gasteiger partial charge in [-0.3, -0.25) is 4.79 Å². The van der Waals surface area contributed by atoms with E-state index in [1.165, 1.54) is 0 Å². The number of aliphatic carboxylic acids is 3. The molecule has 27 heavy (non-hydrogen) atoms. The summed E-state index contributed by atoms with van der Waals surface area (Å²) in [5.41, 5.74) is 5.31. The lowest BCUT2D eigenvalue weighted by Crippen LogP contribution is -2.49. The Morgan fingerprint density at radius 2 is 1.15 bits per heavy atom. The summed E-state index contributed by atoms with van der Waals surface area (Å²) in [6, 6.07) is -1.79. The van der Waals surface area contributed by atoms with Crippen molar-refractivity contribution in [3.8, 4) is 0 Å². The van der Waals surface area contributed by atoms with Crippen molar-refractivity contribution in [3.63, 3.8) is 0 Å². The molecule has 0 rings (SSSR count). The molecule has 0 aliphatic carbocycles. The fourth-order valence-corrected chi connectivity index (χ4v) is 0.960. The molecule has 0 saturated heterocycles. The molecule has 6 N–H and O–H groups in total. The van der Waals surface area contributed by atoms with Gasteiger partial charge >= 0.3 is 30.3 Å². The van der Waals surface area contributed by atoms with Gasteiger partial charge in [0.05, 0.1) is 6.04 Å². The molecule has 1 amide bonds. The zero-order valence-corrected chi connectivity index (χ0v) is 14.6. The lowest BCUT2D eigenvalue weighted by Gasteiger charge is -2.14. The first-order valence-corrected chi connectivity index (χ1v) is 7.28. The first-order chi connectivity index (χ1) is 11.9. The number of carboxylic acid groups (broad SMARTS) is 3. The van der Waals surface area contributed by atoms with Crippen LogP contribution in [-0.4, -0.2) is 75.1 Å². The van der Waals surface area contributed by atoms with E-state index < -0.39 is 48.3 Å². The van der Waals surface area contributed by atoms with Crippen LogP contribution in [0.15, 0.2) is 0 Å². The van der Waals surface area contributed by atoms with Crippen LogP contribution >= 0.6 is 25.3 Å². The van der Waals surface area contributed by atoms with Crippen molar-refractivity contribution in [2.45, 2.75) is 24.4 Å². The lowest BCUT2D eigenvalue weighted by molar-refractivity contribution is -0.193. The van der Waals surface area contributed by atoms with Crippen LogP contribution in [-0.2, 0) is 19.2 Å². The van der Waals surface area contributed by atoms with Crippen molar-refractivity contribution in [2.24, 2.45) is 5.73 Å². The lowest BCUT2D eigenvalue weighted by atomic mass is 10.3. The van der Waals surface area contributed by atoms with Crippen LogP contribution in [0.2, 0.25) is 0 Å². The molecule has 2 atom stereocenters. The third-order valence-electron chi connectivity index (χ3n) is 1.82. The summed E-state index contributed by atoms with van der Waals surface area (Å²) >= 11 is 7.58. The summed E-state index contributed by atoms with van der Waals surface area (Å²) in [5, 5.41) is 25.0. The Balaban J connectivity index is -0.000000350. The molecular formula is C10H14F6N2O7S2. The van der Waals surface area contributed by atoms with Gasteiger partial charge in [-0.05, 0) is 0 Å². The Bertz CT molecular complexity index is 491. The van der Waals surface area contributed by atoms with E-state index in [1.807, 2.05) is 0 Å². The predicted octanol–water partition coefficient (Wildman–Crippen LogP) is 0.00930. The van der Waals surface area contributed by atoms with E-state index in [-0.39, 0.29) is 11.5 Å². The van der Waals surface area contributed by atoms with Crippen molar-refractivity contribution in [1.82, 2.24) is 5.32 Å². The summed E-state index contributed by atoms with van der Waals surface area (Å²) in [6.07, 6.45) is -10.2. The molecule has 0 aliphatic heterocycles. The molecule has 17 heteroatoms. The van der Waals surface area contributed by atoms with Crippen molar-refractivity contribution in [2.75, 3.05) is 11.5 Å². The van der Waals surface area contributed by atoms with E-state index in [9.17, 15) is 35.9 Å². The van der Waals surface area contributed by atoms with E-state index in [4.69, 9.17) is 30.6 Å². The number of hydrogen-bond acceptors (Lipinski definition) is 7. The normalized spacial score (nSPS) is 12.9. The largest absolute Gasteiger partial charge is 0.490 e. The summed E-state index contributed by atoms with van der Waals surface area (Å²) in [6.45, 7) is 0. The smallest absolute Gasteiger partial charge is 0.480 e. The maximum atomic E-state index is 11.1. The quantitative estimate of drug-likeness (QED) is 0.226. The minimum absolute atomic E-state index is 0.0281. The second-order valence-electron chi connectivity index (χ2n) is 3.98. The maximum absolute atomic E-state index is 11.1. The van der Waals surface area contributed by atoms with Crippen molar-refractivity contribution < 1.29 is 60.8 Å². The van der Waals surface area contributed by atoms with Crippen molar-refractivity contribution in [1.29, 1.82) is 0 Å². The minimum atomic E-state index is -5.08. The SMILES string of the molecule is N[C@@H](CS)C(=O)N[C@@H](CS)C(=O)O.O=C(O)C(F)(F)F.O=C(O)C(F)(F)F. The van der Waals surface area contributed by atoms with Gasteiger partial charge in [0.2, 0.25) is 5.91 Å². The molecule has 0 heterocycles. The fourth-order valence-electron chi connectivity index (χ4n) is 0.547. The summed E-state index contributed by atoms with van der Waals surface area (Å²) in [7, 11) is 0. The van der Waals surface area contributed by atoms with E-state index in [1.54, 1.807) is 0 Å². The third kappa shape index (κ3) is 17.3. The number of carbonyl (C=O) groups is 4. The van der Waals surface area contributed by atoms with Gasteiger partial charge in [-0.1, -0.05) is 0 Å². The predicted molar refractivity (Wildman–Crippen MR) is 82.6 cm³/mol. The van der Waals surface area contributed by atoms with Gasteiger partial charge in [0.25, 0.3) is 0 Å². The first kappa shape index (κ1) is 29.9. The second kappa shape index (κ2) is 13.3. The van der Waals surface area contributed by atoms with Gasteiger partial charge in [-0.15, -0.1) is 0 Å². The van der Waals surface area contributed by atoms with Crippen LogP contribution in [0.4, 0.5) is 26.3 Å². The minimum Gasteiger partial charge on any atom is -0.480 e. The molecule has 0 spiro atoms. The Labute approximate surface area is 157 Å². The number of carboxylic acids is 3. The molecule has 0 unspecified atom stereocenters. The van der Waals surface area contributed by atoms with Crippen molar-refractivity contribution in [3.05, 3.63) is 0 Å². The summed E-state index contributed by atoms with van der Waals surface area (Å²) < 4.78 is 63.5. The van der Waals surface area contributed by atoms with E-state index in [0.29, 0.717) is 0 Å². The Hall–Kier alpha value is -1.88. The van der Waals surface area contributed by atoms with Gasteiger partial charge in [0, 0.05) is 11.5 Å². The Kier molecular flexibility index (Phi) is 14.7. The number of rotatable bonds is 5. The molecule has 0 fully saturated rings. The van der Waals surface area contributed by atoms with Gasteiger partial charge in [0.15, 0.2) is 0 Å². The Morgan fingerprint density at radius 3 is 1.30 bits per heavy atom. The topological polar surface area (TPSA) is 167 Å².